The van der Waals surface area contributed by atoms with Gasteiger partial charge in [0.1, 0.15) is 17.4 Å². The fourth-order valence-electron chi connectivity index (χ4n) is 1.77. The molecule has 0 saturated carbocycles. The maximum atomic E-state index is 11.9. The highest BCUT2D eigenvalue weighted by Gasteiger charge is 2.09. The third-order valence-electron chi connectivity index (χ3n) is 2.89. The van der Waals surface area contributed by atoms with E-state index in [9.17, 15) is 4.79 Å². The fourth-order valence-corrected chi connectivity index (χ4v) is 2.32. The second-order valence-electron chi connectivity index (χ2n) is 4.39. The summed E-state index contributed by atoms with van der Waals surface area (Å²) < 4.78 is 10.2. The lowest BCUT2D eigenvalue weighted by Crippen LogP contribution is -2.26. The molecule has 0 unspecified atom stereocenters. The summed E-state index contributed by atoms with van der Waals surface area (Å²) in [5.41, 5.74) is 0.814. The van der Waals surface area contributed by atoms with E-state index in [1.807, 2.05) is 24.5 Å². The van der Waals surface area contributed by atoms with Crippen LogP contribution in [0.5, 0.6) is 5.75 Å². The van der Waals surface area contributed by atoms with Crippen molar-refractivity contribution in [1.29, 1.82) is 5.26 Å². The molecule has 0 heterocycles. The quantitative estimate of drug-likeness (QED) is 0.345. The van der Waals surface area contributed by atoms with E-state index in [0.717, 1.165) is 16.2 Å². The van der Waals surface area contributed by atoms with Gasteiger partial charge in [-0.2, -0.15) is 5.26 Å². The number of methoxy groups -OCH3 is 2. The van der Waals surface area contributed by atoms with Crippen LogP contribution < -0.4 is 10.1 Å². The van der Waals surface area contributed by atoms with Crippen LogP contribution in [-0.2, 0) is 9.53 Å². The van der Waals surface area contributed by atoms with Crippen molar-refractivity contribution < 1.29 is 14.3 Å². The minimum atomic E-state index is -0.383. The van der Waals surface area contributed by atoms with E-state index in [1.165, 1.54) is 0 Å². The number of hydrogen-bond donors (Lipinski definition) is 1. The Kier molecular flexibility index (Phi) is 8.11. The van der Waals surface area contributed by atoms with Gasteiger partial charge in [0, 0.05) is 25.2 Å². The van der Waals surface area contributed by atoms with Crippen molar-refractivity contribution in [3.05, 3.63) is 29.3 Å². The number of carbonyl (C=O) groups excluding carboxylic acids is 1. The van der Waals surface area contributed by atoms with Crippen molar-refractivity contribution >= 4 is 23.7 Å². The van der Waals surface area contributed by atoms with Crippen molar-refractivity contribution in [2.45, 2.75) is 11.3 Å². The minimum absolute atomic E-state index is 0.0661. The lowest BCUT2D eigenvalue weighted by atomic mass is 10.1. The molecule has 1 amide bonds. The van der Waals surface area contributed by atoms with Gasteiger partial charge in [0.15, 0.2) is 0 Å². The maximum Gasteiger partial charge on any atom is 0.261 e. The highest BCUT2D eigenvalue weighted by atomic mass is 32.2. The molecule has 1 rings (SSSR count). The van der Waals surface area contributed by atoms with Gasteiger partial charge in [-0.15, -0.1) is 11.8 Å². The van der Waals surface area contributed by atoms with Crippen LogP contribution in [0.25, 0.3) is 6.08 Å². The Balaban J connectivity index is 2.83. The standard InChI is InChI=1S/C16H20N2O3S/c1-20-8-4-7-18-16(19)13(11-17)9-12-5-6-15(22-3)14(10-12)21-2/h5-6,9-10H,4,7-8H2,1-3H3,(H,18,19)/b13-9-. The highest BCUT2D eigenvalue weighted by molar-refractivity contribution is 7.98. The third-order valence-corrected chi connectivity index (χ3v) is 3.67. The predicted molar refractivity (Wildman–Crippen MR) is 87.9 cm³/mol. The smallest absolute Gasteiger partial charge is 0.261 e. The van der Waals surface area contributed by atoms with Gasteiger partial charge >= 0.3 is 0 Å². The zero-order chi connectivity index (χ0) is 16.4. The van der Waals surface area contributed by atoms with E-state index in [2.05, 4.69) is 5.32 Å². The molecule has 0 aromatic heterocycles. The molecule has 0 aliphatic heterocycles. The first-order valence-electron chi connectivity index (χ1n) is 6.77. The van der Waals surface area contributed by atoms with Gasteiger partial charge in [-0.3, -0.25) is 4.79 Å². The SMILES string of the molecule is COCCCNC(=O)/C(C#N)=C\c1ccc(SC)c(OC)c1. The number of nitrogens with zero attached hydrogens (tertiary/aromatic N) is 1. The van der Waals surface area contributed by atoms with Crippen LogP contribution in [0.15, 0.2) is 28.7 Å². The second-order valence-corrected chi connectivity index (χ2v) is 5.23. The number of hydrogen-bond acceptors (Lipinski definition) is 5. The summed E-state index contributed by atoms with van der Waals surface area (Å²) in [6, 6.07) is 7.49. The van der Waals surface area contributed by atoms with Crippen molar-refractivity contribution in [3.63, 3.8) is 0 Å². The first-order valence-corrected chi connectivity index (χ1v) is 7.99. The molecule has 0 fully saturated rings. The summed E-state index contributed by atoms with van der Waals surface area (Å²) in [6.45, 7) is 1.04. The molecule has 5 nitrogen and oxygen atoms in total. The van der Waals surface area contributed by atoms with E-state index < -0.39 is 0 Å². The Morgan fingerprint density at radius 3 is 2.82 bits per heavy atom. The zero-order valence-electron chi connectivity index (χ0n) is 13.0. The largest absolute Gasteiger partial charge is 0.496 e. The van der Waals surface area contributed by atoms with Gasteiger partial charge in [0.25, 0.3) is 5.91 Å². The lowest BCUT2D eigenvalue weighted by molar-refractivity contribution is -0.117. The molecule has 1 aromatic carbocycles. The molecule has 118 valence electrons. The summed E-state index contributed by atoms with van der Waals surface area (Å²) in [7, 11) is 3.20. The summed E-state index contributed by atoms with van der Waals surface area (Å²) in [5.74, 6) is 0.338. The third kappa shape index (κ3) is 5.43. The molecule has 6 heteroatoms. The zero-order valence-corrected chi connectivity index (χ0v) is 13.8. The van der Waals surface area contributed by atoms with Gasteiger partial charge in [0.2, 0.25) is 0 Å². The van der Waals surface area contributed by atoms with Crippen molar-refractivity contribution in [2.24, 2.45) is 0 Å². The van der Waals surface area contributed by atoms with Gasteiger partial charge in [-0.25, -0.2) is 0 Å². The Bertz CT molecular complexity index is 579. The molecular weight excluding hydrogens is 300 g/mol. The molecule has 0 aliphatic carbocycles. The molecule has 0 bridgehead atoms. The average molecular weight is 320 g/mol. The first kappa shape index (κ1) is 18.1. The van der Waals surface area contributed by atoms with Crippen LogP contribution in [0.4, 0.5) is 0 Å². The van der Waals surface area contributed by atoms with Crippen molar-refractivity contribution in [3.8, 4) is 11.8 Å². The number of rotatable bonds is 8. The van der Waals surface area contributed by atoms with Crippen LogP contribution in [0.1, 0.15) is 12.0 Å². The molecule has 1 aromatic rings. The van der Waals surface area contributed by atoms with Crippen LogP contribution in [0.3, 0.4) is 0 Å². The molecule has 0 spiro atoms. The number of nitriles is 1. The lowest BCUT2D eigenvalue weighted by Gasteiger charge is -2.07. The summed E-state index contributed by atoms with van der Waals surface area (Å²) in [5, 5.41) is 11.8. The molecule has 22 heavy (non-hydrogen) atoms. The van der Waals surface area contributed by atoms with Crippen molar-refractivity contribution in [2.75, 3.05) is 33.6 Å². The van der Waals surface area contributed by atoms with Crippen molar-refractivity contribution in [1.82, 2.24) is 5.32 Å². The van der Waals surface area contributed by atoms with E-state index >= 15 is 0 Å². The first-order chi connectivity index (χ1) is 10.7. The molecule has 0 atom stereocenters. The number of carbonyl (C=O) groups is 1. The Labute approximate surface area is 135 Å². The molecule has 0 aliphatic rings. The summed E-state index contributed by atoms with van der Waals surface area (Å²) >= 11 is 1.57. The van der Waals surface area contributed by atoms with Gasteiger partial charge in [0.05, 0.1) is 7.11 Å². The highest BCUT2D eigenvalue weighted by Crippen LogP contribution is 2.29. The Morgan fingerprint density at radius 2 is 2.23 bits per heavy atom. The van der Waals surface area contributed by atoms with Crippen LogP contribution >= 0.6 is 11.8 Å². The predicted octanol–water partition coefficient (Wildman–Crippen LogP) is 2.48. The topological polar surface area (TPSA) is 71.3 Å². The normalized spacial score (nSPS) is 10.9. The maximum absolute atomic E-state index is 11.9. The van der Waals surface area contributed by atoms with Gasteiger partial charge in [-0.05, 0) is 36.4 Å². The Morgan fingerprint density at radius 1 is 1.45 bits per heavy atom. The second kappa shape index (κ2) is 9.87. The van der Waals surface area contributed by atoms with Crippen LogP contribution in [0.2, 0.25) is 0 Å². The summed E-state index contributed by atoms with van der Waals surface area (Å²) in [4.78, 5) is 12.9. The Hall–Kier alpha value is -1.97. The van der Waals surface area contributed by atoms with Gasteiger partial charge in [-0.1, -0.05) is 6.07 Å². The fraction of sp³-hybridized carbons (Fsp3) is 0.375. The van der Waals surface area contributed by atoms with Crippen LogP contribution in [0, 0.1) is 11.3 Å². The summed E-state index contributed by atoms with van der Waals surface area (Å²) in [6.07, 6.45) is 4.22. The molecule has 0 radical (unpaired) electrons. The minimum Gasteiger partial charge on any atom is -0.496 e. The van der Waals surface area contributed by atoms with E-state index in [-0.39, 0.29) is 11.5 Å². The number of benzene rings is 1. The molecule has 0 saturated heterocycles. The molecular formula is C16H20N2O3S. The number of nitrogens with one attached hydrogen (secondary N) is 1. The average Bonchev–Trinajstić information content (AvgIpc) is 2.56. The van der Waals surface area contributed by atoms with E-state index in [1.54, 1.807) is 38.1 Å². The van der Waals surface area contributed by atoms with Crippen LogP contribution in [-0.4, -0.2) is 39.5 Å². The van der Waals surface area contributed by atoms with Gasteiger partial charge < -0.3 is 14.8 Å². The monoisotopic (exact) mass is 320 g/mol. The number of amides is 1. The number of ether oxygens (including phenoxy) is 2. The van der Waals surface area contributed by atoms with E-state index in [4.69, 9.17) is 14.7 Å². The molecule has 1 N–H and O–H groups in total. The number of thioether (sulfide) groups is 1. The van der Waals surface area contributed by atoms with E-state index in [0.29, 0.717) is 19.6 Å².